The molecule has 0 spiro atoms. The molecule has 8 nitrogen and oxygen atoms in total. The summed E-state index contributed by atoms with van der Waals surface area (Å²) in [5, 5.41) is 11.7. The number of rotatable bonds is 10. The van der Waals surface area contributed by atoms with Crippen molar-refractivity contribution in [2.45, 2.75) is 19.8 Å². The lowest BCUT2D eigenvalue weighted by atomic mass is 10.0. The number of aromatic nitrogens is 1. The van der Waals surface area contributed by atoms with Crippen LogP contribution in [0.25, 0.3) is 0 Å². The van der Waals surface area contributed by atoms with Gasteiger partial charge in [-0.25, -0.2) is 4.98 Å². The molecule has 8 heteroatoms. The van der Waals surface area contributed by atoms with Crippen LogP contribution in [0.5, 0.6) is 17.2 Å². The van der Waals surface area contributed by atoms with Gasteiger partial charge in [-0.3, -0.25) is 9.59 Å². The first-order chi connectivity index (χ1) is 14.0. The van der Waals surface area contributed by atoms with Crippen molar-refractivity contribution in [3.05, 3.63) is 47.3 Å². The molecular formula is C21H23N3O5. The summed E-state index contributed by atoms with van der Waals surface area (Å²) >= 11 is 0. The van der Waals surface area contributed by atoms with Gasteiger partial charge in [-0.05, 0) is 36.2 Å². The topological polar surface area (TPSA) is 111 Å². The van der Waals surface area contributed by atoms with Crippen LogP contribution in [0.2, 0.25) is 0 Å². The van der Waals surface area contributed by atoms with Gasteiger partial charge in [0.1, 0.15) is 11.8 Å². The highest BCUT2D eigenvalue weighted by Crippen LogP contribution is 2.40. The van der Waals surface area contributed by atoms with Crippen LogP contribution in [-0.4, -0.2) is 44.0 Å². The molecule has 2 aromatic rings. The summed E-state index contributed by atoms with van der Waals surface area (Å²) in [6.45, 7) is 2.21. The van der Waals surface area contributed by atoms with Crippen molar-refractivity contribution in [3.8, 4) is 23.3 Å². The van der Waals surface area contributed by atoms with Crippen molar-refractivity contribution in [2.75, 3.05) is 27.4 Å². The fraction of sp³-hybridized carbons (Fsp3) is 0.333. The summed E-state index contributed by atoms with van der Waals surface area (Å²) in [4.78, 5) is 28.8. The maximum absolute atomic E-state index is 12.9. The van der Waals surface area contributed by atoms with Crippen molar-refractivity contribution >= 4 is 11.7 Å². The van der Waals surface area contributed by atoms with Gasteiger partial charge in [-0.1, -0.05) is 6.92 Å². The van der Waals surface area contributed by atoms with E-state index in [4.69, 9.17) is 19.5 Å². The number of methoxy groups -OCH3 is 2. The number of nitrogens with one attached hydrogen (secondary N) is 1. The first-order valence-electron chi connectivity index (χ1n) is 9.06. The monoisotopic (exact) mass is 397 g/mol. The third kappa shape index (κ3) is 5.69. The second kappa shape index (κ2) is 10.7. The lowest BCUT2D eigenvalue weighted by molar-refractivity contribution is -0.123. The minimum atomic E-state index is -0.303. The van der Waals surface area contributed by atoms with Gasteiger partial charge in [0.2, 0.25) is 5.75 Å². The number of nitrogens with zero attached hydrogens (tertiary/aromatic N) is 2. The Balaban J connectivity index is 2.32. The fourth-order valence-electron chi connectivity index (χ4n) is 2.64. The van der Waals surface area contributed by atoms with E-state index in [9.17, 15) is 9.59 Å². The number of ketones is 1. The molecule has 0 saturated heterocycles. The summed E-state index contributed by atoms with van der Waals surface area (Å²) in [6, 6.07) is 8.33. The molecule has 1 aromatic carbocycles. The smallest absolute Gasteiger partial charge is 0.257 e. The molecule has 0 atom stereocenters. The van der Waals surface area contributed by atoms with Crippen LogP contribution in [0.1, 0.15) is 35.0 Å². The second-order valence-corrected chi connectivity index (χ2v) is 6.08. The fourth-order valence-corrected chi connectivity index (χ4v) is 2.64. The Kier molecular flexibility index (Phi) is 7.98. The lowest BCUT2D eigenvalue weighted by Gasteiger charge is -2.17. The molecule has 0 fully saturated rings. The van der Waals surface area contributed by atoms with Crippen LogP contribution in [0.3, 0.4) is 0 Å². The predicted octanol–water partition coefficient (Wildman–Crippen LogP) is 2.30. The van der Waals surface area contributed by atoms with E-state index in [1.54, 1.807) is 24.3 Å². The van der Waals surface area contributed by atoms with E-state index in [2.05, 4.69) is 10.3 Å². The Hall–Kier alpha value is -3.60. The van der Waals surface area contributed by atoms with E-state index in [1.165, 1.54) is 20.4 Å². The van der Waals surface area contributed by atoms with Crippen LogP contribution < -0.4 is 19.5 Å². The summed E-state index contributed by atoms with van der Waals surface area (Å²) in [5.74, 6) is 0.184. The van der Waals surface area contributed by atoms with Gasteiger partial charge in [0.15, 0.2) is 23.9 Å². The zero-order valence-corrected chi connectivity index (χ0v) is 16.7. The predicted molar refractivity (Wildman–Crippen MR) is 105 cm³/mol. The Morgan fingerprint density at radius 3 is 2.62 bits per heavy atom. The first kappa shape index (κ1) is 21.7. The number of amides is 1. The van der Waals surface area contributed by atoms with E-state index in [1.807, 2.05) is 13.0 Å². The minimum Gasteiger partial charge on any atom is -0.493 e. The molecule has 0 unspecified atom stereocenters. The number of carbonyl (C=O) groups excluding carboxylic acids is 2. The summed E-state index contributed by atoms with van der Waals surface area (Å²) in [5.41, 5.74) is 1.12. The number of Topliss-reactive ketones (excluding diaryl/α,β-unsaturated/α-hetero) is 1. The molecule has 0 saturated carbocycles. The van der Waals surface area contributed by atoms with Crippen LogP contribution in [-0.2, 0) is 11.2 Å². The molecule has 0 aliphatic rings. The van der Waals surface area contributed by atoms with Crippen molar-refractivity contribution in [1.29, 1.82) is 5.26 Å². The molecule has 0 bridgehead atoms. The van der Waals surface area contributed by atoms with Crippen molar-refractivity contribution in [3.63, 3.8) is 0 Å². The zero-order chi connectivity index (χ0) is 21.2. The van der Waals surface area contributed by atoms with Gasteiger partial charge >= 0.3 is 0 Å². The lowest BCUT2D eigenvalue weighted by Crippen LogP contribution is -2.29. The Labute approximate surface area is 169 Å². The van der Waals surface area contributed by atoms with Crippen molar-refractivity contribution < 1.29 is 23.8 Å². The Morgan fingerprint density at radius 1 is 1.17 bits per heavy atom. The quantitative estimate of drug-likeness (QED) is 0.612. The number of nitriles is 1. The zero-order valence-electron chi connectivity index (χ0n) is 16.7. The van der Waals surface area contributed by atoms with Gasteiger partial charge in [0.25, 0.3) is 5.91 Å². The molecule has 2 rings (SSSR count). The van der Waals surface area contributed by atoms with Crippen LogP contribution in [0.15, 0.2) is 30.5 Å². The molecule has 0 aliphatic carbocycles. The maximum Gasteiger partial charge on any atom is 0.257 e. The Bertz CT molecular complexity index is 921. The average molecular weight is 397 g/mol. The highest BCUT2D eigenvalue weighted by Gasteiger charge is 2.22. The molecule has 152 valence electrons. The molecule has 1 heterocycles. The number of carbonyl (C=O) groups is 2. The van der Waals surface area contributed by atoms with E-state index >= 15 is 0 Å². The summed E-state index contributed by atoms with van der Waals surface area (Å²) < 4.78 is 16.3. The largest absolute Gasteiger partial charge is 0.493 e. The third-order valence-corrected chi connectivity index (χ3v) is 4.02. The molecule has 29 heavy (non-hydrogen) atoms. The van der Waals surface area contributed by atoms with E-state index < -0.39 is 0 Å². The van der Waals surface area contributed by atoms with Crippen molar-refractivity contribution in [1.82, 2.24) is 10.3 Å². The number of hydrogen-bond acceptors (Lipinski definition) is 7. The number of pyridine rings is 1. The highest BCUT2D eigenvalue weighted by molar-refractivity contribution is 6.01. The van der Waals surface area contributed by atoms with Crippen molar-refractivity contribution in [2.24, 2.45) is 0 Å². The van der Waals surface area contributed by atoms with Gasteiger partial charge in [-0.15, -0.1) is 0 Å². The van der Waals surface area contributed by atoms with Gasteiger partial charge in [-0.2, -0.15) is 5.26 Å². The van der Waals surface area contributed by atoms with Crippen LogP contribution in [0.4, 0.5) is 0 Å². The Morgan fingerprint density at radius 2 is 1.97 bits per heavy atom. The molecular weight excluding hydrogens is 374 g/mol. The minimum absolute atomic E-state index is 0.0328. The normalized spacial score (nSPS) is 10.0. The van der Waals surface area contributed by atoms with Gasteiger partial charge in [0, 0.05) is 19.2 Å². The second-order valence-electron chi connectivity index (χ2n) is 6.08. The van der Waals surface area contributed by atoms with Crippen LogP contribution in [0, 0.1) is 11.3 Å². The average Bonchev–Trinajstić information content (AvgIpc) is 2.75. The van der Waals surface area contributed by atoms with E-state index in [0.29, 0.717) is 17.9 Å². The highest BCUT2D eigenvalue weighted by atomic mass is 16.5. The molecule has 1 amide bonds. The molecule has 1 N–H and O–H groups in total. The molecule has 0 radical (unpaired) electrons. The number of hydrogen-bond donors (Lipinski definition) is 1. The van der Waals surface area contributed by atoms with E-state index in [0.717, 1.165) is 6.42 Å². The molecule has 1 aromatic heterocycles. The van der Waals surface area contributed by atoms with Crippen LogP contribution >= 0.6 is 0 Å². The molecule has 0 aliphatic heterocycles. The number of benzene rings is 1. The van der Waals surface area contributed by atoms with Gasteiger partial charge in [0.05, 0.1) is 19.8 Å². The maximum atomic E-state index is 12.9. The number of ether oxygens (including phenoxy) is 3. The summed E-state index contributed by atoms with van der Waals surface area (Å²) in [6.07, 6.45) is 2.31. The third-order valence-electron chi connectivity index (χ3n) is 4.02. The van der Waals surface area contributed by atoms with Gasteiger partial charge < -0.3 is 19.5 Å². The first-order valence-corrected chi connectivity index (χ1v) is 9.06. The van der Waals surface area contributed by atoms with E-state index in [-0.39, 0.29) is 47.5 Å². The SMILES string of the molecule is CCCNC(=O)COc1c(C(=O)Cc2ccnc(C#N)c2)ccc(OC)c1OC. The standard InChI is InChI=1S/C21H23N3O5/c1-4-8-24-19(26)13-29-20-16(5-6-18(27-2)21(20)28-3)17(25)11-14-7-9-23-15(10-14)12-22/h5-7,9-10H,4,8,11,13H2,1-3H3,(H,24,26). The summed E-state index contributed by atoms with van der Waals surface area (Å²) in [7, 11) is 2.90.